The van der Waals surface area contributed by atoms with Crippen LogP contribution in [0.5, 0.6) is 0 Å². The third kappa shape index (κ3) is 7.19. The molecule has 0 heterocycles. The zero-order chi connectivity index (χ0) is 22.8. The van der Waals surface area contributed by atoms with Gasteiger partial charge in [-0.25, -0.2) is 4.39 Å². The van der Waals surface area contributed by atoms with Crippen molar-refractivity contribution >= 4 is 17.2 Å². The van der Waals surface area contributed by atoms with Crippen LogP contribution in [-0.2, 0) is 17.8 Å². The topological polar surface area (TPSA) is 9.23 Å². The lowest BCUT2D eigenvalue weighted by Gasteiger charge is -2.22. The molecule has 0 saturated carbocycles. The second-order valence-corrected chi connectivity index (χ2v) is 8.86. The normalized spacial score (nSPS) is 13.3. The molecule has 0 aliphatic carbocycles. The molecule has 0 amide bonds. The monoisotopic (exact) mass is 444 g/mol. The Balaban J connectivity index is 2.41. The molecular weight excluding hydrogens is 407 g/mol. The SMILES string of the molecule is CCCC/C(=C(/C)C(C)c1ccc(COCCC)cc1)c1cc(Cl)c(F)cc1CCC. The van der Waals surface area contributed by atoms with Gasteiger partial charge >= 0.3 is 0 Å². The van der Waals surface area contributed by atoms with Crippen molar-refractivity contribution in [2.45, 2.75) is 85.7 Å². The number of rotatable bonds is 12. The number of ether oxygens (including phenoxy) is 1. The summed E-state index contributed by atoms with van der Waals surface area (Å²) in [6.45, 7) is 12.4. The second-order valence-electron chi connectivity index (χ2n) is 8.45. The molecule has 0 N–H and O–H groups in total. The molecule has 0 aliphatic rings. The fourth-order valence-corrected chi connectivity index (χ4v) is 4.15. The third-order valence-electron chi connectivity index (χ3n) is 5.99. The Hall–Kier alpha value is -1.64. The smallest absolute Gasteiger partial charge is 0.142 e. The molecule has 1 nitrogen and oxygen atoms in total. The summed E-state index contributed by atoms with van der Waals surface area (Å²) in [6, 6.07) is 12.2. The third-order valence-corrected chi connectivity index (χ3v) is 6.28. The number of aryl methyl sites for hydroxylation is 1. The Morgan fingerprint density at radius 2 is 1.74 bits per heavy atom. The summed E-state index contributed by atoms with van der Waals surface area (Å²) in [7, 11) is 0. The Morgan fingerprint density at radius 3 is 2.35 bits per heavy atom. The maximum atomic E-state index is 14.2. The quantitative estimate of drug-likeness (QED) is 0.296. The Kier molecular flexibility index (Phi) is 10.8. The van der Waals surface area contributed by atoms with Gasteiger partial charge in [0.15, 0.2) is 0 Å². The molecule has 0 spiro atoms. The average molecular weight is 445 g/mol. The number of hydrogen-bond acceptors (Lipinski definition) is 1. The largest absolute Gasteiger partial charge is 0.377 e. The van der Waals surface area contributed by atoms with Gasteiger partial charge in [-0.1, -0.05) is 82.0 Å². The van der Waals surface area contributed by atoms with Crippen LogP contribution in [0, 0.1) is 5.82 Å². The van der Waals surface area contributed by atoms with E-state index in [-0.39, 0.29) is 16.8 Å². The molecule has 0 aliphatic heterocycles. The molecule has 0 aromatic heterocycles. The number of halogens is 2. The molecule has 0 bridgehead atoms. The van der Waals surface area contributed by atoms with Crippen LogP contribution in [0.15, 0.2) is 42.0 Å². The van der Waals surface area contributed by atoms with Crippen molar-refractivity contribution in [3.05, 3.63) is 75.1 Å². The van der Waals surface area contributed by atoms with Crippen molar-refractivity contribution in [3.8, 4) is 0 Å². The summed E-state index contributed by atoms with van der Waals surface area (Å²) in [6.07, 6.45) is 6.07. The molecule has 31 heavy (non-hydrogen) atoms. The Labute approximate surface area is 193 Å². The average Bonchev–Trinajstić information content (AvgIpc) is 2.77. The van der Waals surface area contributed by atoms with E-state index in [2.05, 4.69) is 58.9 Å². The van der Waals surface area contributed by atoms with E-state index in [0.717, 1.165) is 56.3 Å². The Morgan fingerprint density at radius 1 is 1.03 bits per heavy atom. The van der Waals surface area contributed by atoms with Crippen LogP contribution in [0.2, 0.25) is 5.02 Å². The zero-order valence-corrected chi connectivity index (χ0v) is 20.6. The number of unbranched alkanes of at least 4 members (excludes halogenated alkanes) is 1. The van der Waals surface area contributed by atoms with Crippen LogP contribution in [0.4, 0.5) is 4.39 Å². The molecule has 1 atom stereocenters. The molecule has 2 aromatic rings. The van der Waals surface area contributed by atoms with Gasteiger partial charge in [-0.3, -0.25) is 0 Å². The highest BCUT2D eigenvalue weighted by Gasteiger charge is 2.18. The zero-order valence-electron chi connectivity index (χ0n) is 19.9. The van der Waals surface area contributed by atoms with Crippen LogP contribution in [-0.4, -0.2) is 6.61 Å². The Bertz CT molecular complexity index is 854. The van der Waals surface area contributed by atoms with Crippen molar-refractivity contribution in [3.63, 3.8) is 0 Å². The molecule has 0 radical (unpaired) electrons. The van der Waals surface area contributed by atoms with Gasteiger partial charge in [0.05, 0.1) is 11.6 Å². The molecular formula is C28H38ClFO. The summed E-state index contributed by atoms with van der Waals surface area (Å²) in [5.41, 5.74) is 7.32. The maximum Gasteiger partial charge on any atom is 0.142 e. The van der Waals surface area contributed by atoms with E-state index < -0.39 is 0 Å². The van der Waals surface area contributed by atoms with E-state index >= 15 is 0 Å². The minimum absolute atomic E-state index is 0.209. The number of hydrogen-bond donors (Lipinski definition) is 0. The summed E-state index contributed by atoms with van der Waals surface area (Å²) in [4.78, 5) is 0. The highest BCUT2D eigenvalue weighted by molar-refractivity contribution is 6.31. The summed E-state index contributed by atoms with van der Waals surface area (Å²) >= 11 is 6.23. The standard InChI is InChI=1S/C28H38ClFO/c1-6-9-11-25(26-18-27(29)28(30)17-24(26)10-7-2)21(5)20(4)23-14-12-22(13-15-23)19-31-16-8-3/h12-15,17-18,20H,6-11,16,19H2,1-5H3/b25-21+. The van der Waals surface area contributed by atoms with Gasteiger partial charge < -0.3 is 4.74 Å². The van der Waals surface area contributed by atoms with Crippen LogP contribution >= 0.6 is 11.6 Å². The van der Waals surface area contributed by atoms with Gasteiger partial charge in [-0.05, 0) is 72.6 Å². The molecule has 170 valence electrons. The molecule has 3 heteroatoms. The van der Waals surface area contributed by atoms with Gasteiger partial charge in [-0.2, -0.15) is 0 Å². The van der Waals surface area contributed by atoms with E-state index in [9.17, 15) is 4.39 Å². The van der Waals surface area contributed by atoms with Crippen molar-refractivity contribution in [2.24, 2.45) is 0 Å². The number of allylic oxidation sites excluding steroid dienone is 2. The summed E-state index contributed by atoms with van der Waals surface area (Å²) < 4.78 is 19.9. The van der Waals surface area contributed by atoms with Gasteiger partial charge in [0.1, 0.15) is 5.82 Å². The fraction of sp³-hybridized carbons (Fsp3) is 0.500. The first-order chi connectivity index (χ1) is 14.9. The first-order valence-corrected chi connectivity index (χ1v) is 12.1. The van der Waals surface area contributed by atoms with Crippen LogP contribution in [0.3, 0.4) is 0 Å². The lowest BCUT2D eigenvalue weighted by atomic mass is 9.84. The van der Waals surface area contributed by atoms with E-state index in [4.69, 9.17) is 16.3 Å². The van der Waals surface area contributed by atoms with Crippen molar-refractivity contribution in [2.75, 3.05) is 6.61 Å². The second kappa shape index (κ2) is 13.0. The predicted octanol–water partition coefficient (Wildman–Crippen LogP) is 9.13. The van der Waals surface area contributed by atoms with Crippen molar-refractivity contribution < 1.29 is 9.13 Å². The van der Waals surface area contributed by atoms with E-state index in [0.29, 0.717) is 6.61 Å². The first kappa shape index (κ1) is 25.6. The molecule has 2 rings (SSSR count). The van der Waals surface area contributed by atoms with Crippen LogP contribution in [0.1, 0.15) is 94.9 Å². The minimum atomic E-state index is -0.324. The highest BCUT2D eigenvalue weighted by atomic mass is 35.5. The predicted molar refractivity (Wildman–Crippen MR) is 132 cm³/mol. The van der Waals surface area contributed by atoms with E-state index in [1.165, 1.54) is 22.3 Å². The van der Waals surface area contributed by atoms with Crippen LogP contribution in [0.25, 0.3) is 5.57 Å². The molecule has 0 saturated heterocycles. The van der Waals surface area contributed by atoms with Gasteiger partial charge in [0.2, 0.25) is 0 Å². The first-order valence-electron chi connectivity index (χ1n) is 11.8. The molecule has 0 fully saturated rings. The fourth-order valence-electron chi connectivity index (χ4n) is 3.99. The van der Waals surface area contributed by atoms with E-state index in [1.54, 1.807) is 6.07 Å². The summed E-state index contributed by atoms with van der Waals surface area (Å²) in [5.74, 6) is -0.0499. The lowest BCUT2D eigenvalue weighted by molar-refractivity contribution is 0.121. The van der Waals surface area contributed by atoms with Crippen LogP contribution < -0.4 is 0 Å². The van der Waals surface area contributed by atoms with E-state index in [1.807, 2.05) is 6.07 Å². The van der Waals surface area contributed by atoms with Gasteiger partial charge in [0.25, 0.3) is 0 Å². The molecule has 2 aromatic carbocycles. The highest BCUT2D eigenvalue weighted by Crippen LogP contribution is 2.37. The minimum Gasteiger partial charge on any atom is -0.377 e. The van der Waals surface area contributed by atoms with Gasteiger partial charge in [0, 0.05) is 12.5 Å². The summed E-state index contributed by atoms with van der Waals surface area (Å²) in [5, 5.41) is 0.209. The number of benzene rings is 2. The lowest BCUT2D eigenvalue weighted by Crippen LogP contribution is -2.04. The van der Waals surface area contributed by atoms with Crippen molar-refractivity contribution in [1.82, 2.24) is 0 Å². The molecule has 1 unspecified atom stereocenters. The maximum absolute atomic E-state index is 14.2. The van der Waals surface area contributed by atoms with Gasteiger partial charge in [-0.15, -0.1) is 0 Å². The van der Waals surface area contributed by atoms with Crippen molar-refractivity contribution in [1.29, 1.82) is 0 Å².